The highest BCUT2D eigenvalue weighted by molar-refractivity contribution is 6.39. The molecule has 12 heteroatoms. The molecule has 0 saturated heterocycles. The van der Waals surface area contributed by atoms with Gasteiger partial charge in [0.2, 0.25) is 0 Å². The summed E-state index contributed by atoms with van der Waals surface area (Å²) in [4.78, 5) is 0. The lowest BCUT2D eigenvalue weighted by atomic mass is 10.1. The second-order valence-electron chi connectivity index (χ2n) is 10.9. The molecule has 6 aromatic rings. The van der Waals surface area contributed by atoms with Crippen LogP contribution in [-0.2, 0) is 14.0 Å². The Labute approximate surface area is 299 Å². The largest absolute Gasteiger partial charge is 0.788 e. The van der Waals surface area contributed by atoms with Crippen LogP contribution in [0.4, 0.5) is 0 Å². The summed E-state index contributed by atoms with van der Waals surface area (Å²) in [7, 11) is -3.51. The minimum atomic E-state index is -1.21. The smallest absolute Gasteiger partial charge is 0.501 e. The van der Waals surface area contributed by atoms with Crippen LogP contribution in [0.1, 0.15) is 0 Å². The monoisotopic (exact) mass is 680 g/mol. The minimum absolute atomic E-state index is 0.0828. The predicted molar refractivity (Wildman–Crippen MR) is 196 cm³/mol. The average molecular weight is 680 g/mol. The molecule has 0 radical (unpaired) electrons. The molecule has 6 rings (SSSR count). The molecule has 51 heavy (non-hydrogen) atoms. The normalized spacial score (nSPS) is 10.5. The van der Waals surface area contributed by atoms with Crippen molar-refractivity contribution in [2.45, 2.75) is 6.10 Å². The van der Waals surface area contributed by atoms with Gasteiger partial charge >= 0.3 is 22.0 Å². The second-order valence-corrected chi connectivity index (χ2v) is 10.9. The van der Waals surface area contributed by atoms with Crippen LogP contribution in [0, 0.1) is 0 Å². The number of para-hydroxylation sites is 6. The van der Waals surface area contributed by atoms with Gasteiger partial charge in [0.15, 0.2) is 0 Å². The summed E-state index contributed by atoms with van der Waals surface area (Å²) in [6.07, 6.45) is -0.829. The molecule has 0 atom stereocenters. The first-order chi connectivity index (χ1) is 25.2. The van der Waals surface area contributed by atoms with E-state index in [1.165, 1.54) is 0 Å². The van der Waals surface area contributed by atoms with Crippen molar-refractivity contribution in [3.63, 3.8) is 0 Å². The first-order valence-electron chi connectivity index (χ1n) is 16.4. The van der Waals surface area contributed by atoms with Gasteiger partial charge in [0, 0.05) is 0 Å². The zero-order chi connectivity index (χ0) is 34.8. The van der Waals surface area contributed by atoms with E-state index in [0.29, 0.717) is 34.5 Å². The first kappa shape index (κ1) is 35.0. The van der Waals surface area contributed by atoms with Crippen molar-refractivity contribution in [1.29, 1.82) is 0 Å². The van der Waals surface area contributed by atoms with Gasteiger partial charge in [0.05, 0.1) is 19.3 Å². The number of hydrogen-bond acceptors (Lipinski definition) is 9. The van der Waals surface area contributed by atoms with Crippen molar-refractivity contribution in [2.75, 3.05) is 13.2 Å². The Bertz CT molecular complexity index is 1580. The number of hydrogen-bond donors (Lipinski definition) is 0. The molecular weight excluding hydrogens is 645 g/mol. The molecule has 0 unspecified atom stereocenters. The molecule has 0 heterocycles. The molecule has 0 spiro atoms. The van der Waals surface area contributed by atoms with Crippen molar-refractivity contribution < 1.29 is 41.9 Å². The zero-order valence-corrected chi connectivity index (χ0v) is 27.7. The third-order valence-corrected chi connectivity index (χ3v) is 6.99. The van der Waals surface area contributed by atoms with Crippen molar-refractivity contribution in [2.24, 2.45) is 0 Å². The van der Waals surface area contributed by atoms with Gasteiger partial charge in [0.25, 0.3) is 0 Å². The standard InChI is InChI=1S/C39H35B3O9/c1-7-19-33(20-8-1)45-40(46-34-21-9-2-10-22-34)43-31-39(51-42(49-37-27-15-5-16-28-37)50-38-29-17-6-18-30-38)32-44-41(47-35-23-11-3-12-24-35)48-36-25-13-4-14-26-36/h1-30,39H,31-32H2. The summed E-state index contributed by atoms with van der Waals surface area (Å²) in [5, 5.41) is 0. The molecule has 254 valence electrons. The van der Waals surface area contributed by atoms with Gasteiger partial charge in [-0.25, -0.2) is 0 Å². The van der Waals surface area contributed by atoms with E-state index in [9.17, 15) is 0 Å². The van der Waals surface area contributed by atoms with E-state index in [1.54, 1.807) is 0 Å². The SMILES string of the molecule is c1ccc(OB(OCC(COB(Oc2ccccc2)Oc2ccccc2)OB(Oc2ccccc2)Oc2ccccc2)Oc2ccccc2)cc1. The van der Waals surface area contributed by atoms with E-state index in [-0.39, 0.29) is 13.2 Å². The fourth-order valence-corrected chi connectivity index (χ4v) is 4.58. The minimum Gasteiger partial charge on any atom is -0.501 e. The van der Waals surface area contributed by atoms with Crippen molar-refractivity contribution in [3.8, 4) is 34.5 Å². The van der Waals surface area contributed by atoms with E-state index < -0.39 is 28.1 Å². The molecule has 0 N–H and O–H groups in total. The summed E-state index contributed by atoms with van der Waals surface area (Å²) >= 11 is 0. The Balaban J connectivity index is 1.23. The lowest BCUT2D eigenvalue weighted by molar-refractivity contribution is 0.0254. The highest BCUT2D eigenvalue weighted by atomic mass is 16.8. The van der Waals surface area contributed by atoms with Crippen molar-refractivity contribution in [3.05, 3.63) is 182 Å². The number of rotatable bonds is 20. The van der Waals surface area contributed by atoms with Gasteiger partial charge in [-0.05, 0) is 72.8 Å². The molecule has 6 aromatic carbocycles. The summed E-state index contributed by atoms with van der Waals surface area (Å²) in [5.41, 5.74) is 0. The zero-order valence-electron chi connectivity index (χ0n) is 27.7. The van der Waals surface area contributed by atoms with E-state index in [1.807, 2.05) is 182 Å². The highest BCUT2D eigenvalue weighted by Crippen LogP contribution is 2.20. The molecule has 0 aliphatic rings. The Morgan fingerprint density at radius 3 is 0.745 bits per heavy atom. The fraction of sp³-hybridized carbons (Fsp3) is 0.0769. The maximum Gasteiger partial charge on any atom is 0.788 e. The second kappa shape index (κ2) is 19.4. The molecule has 0 saturated carbocycles. The van der Waals surface area contributed by atoms with E-state index in [2.05, 4.69) is 0 Å². The van der Waals surface area contributed by atoms with Crippen LogP contribution < -0.4 is 27.9 Å². The first-order valence-corrected chi connectivity index (χ1v) is 16.4. The fourth-order valence-electron chi connectivity index (χ4n) is 4.58. The molecule has 0 amide bonds. The third kappa shape index (κ3) is 12.2. The van der Waals surface area contributed by atoms with Crippen LogP contribution in [0.25, 0.3) is 0 Å². The van der Waals surface area contributed by atoms with Crippen LogP contribution in [0.5, 0.6) is 34.5 Å². The topological polar surface area (TPSA) is 83.1 Å². The molecule has 0 aromatic heterocycles. The van der Waals surface area contributed by atoms with Crippen LogP contribution in [0.2, 0.25) is 0 Å². The Hall–Kier alpha value is -5.81. The molecule has 0 aliphatic heterocycles. The maximum atomic E-state index is 6.44. The molecule has 9 nitrogen and oxygen atoms in total. The van der Waals surface area contributed by atoms with Gasteiger partial charge in [-0.2, -0.15) is 0 Å². The van der Waals surface area contributed by atoms with Gasteiger partial charge in [0.1, 0.15) is 34.5 Å². The van der Waals surface area contributed by atoms with Gasteiger partial charge in [-0.3, -0.25) is 0 Å². The van der Waals surface area contributed by atoms with E-state index in [4.69, 9.17) is 41.9 Å². The molecule has 0 aliphatic carbocycles. The Morgan fingerprint density at radius 2 is 0.510 bits per heavy atom. The summed E-state index contributed by atoms with van der Waals surface area (Å²) in [6.45, 7) is -0.166. The number of benzene rings is 6. The average Bonchev–Trinajstić information content (AvgIpc) is 3.18. The lowest BCUT2D eigenvalue weighted by Crippen LogP contribution is -2.45. The molecular formula is C39H35B3O9. The van der Waals surface area contributed by atoms with Gasteiger partial charge in [-0.1, -0.05) is 109 Å². The van der Waals surface area contributed by atoms with Gasteiger partial charge in [-0.15, -0.1) is 0 Å². The van der Waals surface area contributed by atoms with Crippen molar-refractivity contribution >= 4 is 22.0 Å². The van der Waals surface area contributed by atoms with E-state index >= 15 is 0 Å². The lowest BCUT2D eigenvalue weighted by Gasteiger charge is -2.25. The Morgan fingerprint density at radius 1 is 0.294 bits per heavy atom. The van der Waals surface area contributed by atoms with Gasteiger partial charge < -0.3 is 41.9 Å². The summed E-state index contributed by atoms with van der Waals surface area (Å²) < 4.78 is 55.6. The molecule has 0 bridgehead atoms. The quantitative estimate of drug-likeness (QED) is 0.0750. The van der Waals surface area contributed by atoms with Crippen molar-refractivity contribution in [1.82, 2.24) is 0 Å². The Kier molecular flexibility index (Phi) is 13.3. The highest BCUT2D eigenvalue weighted by Gasteiger charge is 2.37. The maximum absolute atomic E-state index is 6.44. The van der Waals surface area contributed by atoms with Crippen LogP contribution in [0.3, 0.4) is 0 Å². The van der Waals surface area contributed by atoms with E-state index in [0.717, 1.165) is 0 Å². The van der Waals surface area contributed by atoms with Crippen LogP contribution >= 0.6 is 0 Å². The predicted octanol–water partition coefficient (Wildman–Crippen LogP) is 7.83. The molecule has 0 fully saturated rings. The van der Waals surface area contributed by atoms with Crippen LogP contribution in [0.15, 0.2) is 182 Å². The van der Waals surface area contributed by atoms with Crippen LogP contribution in [-0.4, -0.2) is 41.3 Å². The summed E-state index contributed by atoms with van der Waals surface area (Å²) in [5.74, 6) is 3.29. The third-order valence-electron chi connectivity index (χ3n) is 6.99. The summed E-state index contributed by atoms with van der Waals surface area (Å²) in [6, 6.07) is 55.4.